The molecule has 1 aromatic rings. The Morgan fingerprint density at radius 3 is 2.23 bits per heavy atom. The van der Waals surface area contributed by atoms with Crippen molar-refractivity contribution in [2.75, 3.05) is 7.11 Å². The Morgan fingerprint density at radius 2 is 1.77 bits per heavy atom. The zero-order valence-corrected chi connectivity index (χ0v) is 16.3. The first-order valence-electron chi connectivity index (χ1n) is 7.69. The summed E-state index contributed by atoms with van der Waals surface area (Å²) in [5.41, 5.74) is 1.16. The van der Waals surface area contributed by atoms with Crippen LogP contribution in [0.3, 0.4) is 0 Å². The van der Waals surface area contributed by atoms with Gasteiger partial charge in [-0.05, 0) is 31.5 Å². The van der Waals surface area contributed by atoms with Crippen molar-refractivity contribution in [3.8, 4) is 0 Å². The van der Waals surface area contributed by atoms with Gasteiger partial charge in [0.1, 0.15) is 0 Å². The zero-order chi connectivity index (χ0) is 16.9. The second kappa shape index (κ2) is 8.06. The Kier molecular flexibility index (Phi) is 7.00. The average molecular weight is 341 g/mol. The Balaban J connectivity index is 2.96. The van der Waals surface area contributed by atoms with Crippen molar-refractivity contribution in [1.82, 2.24) is 0 Å². The van der Waals surface area contributed by atoms with Crippen LogP contribution in [0, 0.1) is 12.8 Å². The van der Waals surface area contributed by atoms with Gasteiger partial charge in [0.15, 0.2) is 0 Å². The van der Waals surface area contributed by atoms with Gasteiger partial charge in [-0.3, -0.25) is 9.00 Å². The lowest BCUT2D eigenvalue weighted by atomic mass is 10.1. The first-order chi connectivity index (χ1) is 10.1. The SMILES string of the molecule is COC(=O)[C@@H](C)C[C@H](C[Si](C)(C)C)S(=O)c1ccc(C)cc1. The number of hydrogen-bond donors (Lipinski definition) is 0. The number of rotatable bonds is 7. The summed E-state index contributed by atoms with van der Waals surface area (Å²) >= 11 is 0. The predicted molar refractivity (Wildman–Crippen MR) is 95.3 cm³/mol. The van der Waals surface area contributed by atoms with Gasteiger partial charge in [-0.15, -0.1) is 0 Å². The van der Waals surface area contributed by atoms with E-state index in [0.717, 1.165) is 16.5 Å². The number of carbonyl (C=O) groups excluding carboxylic acids is 1. The van der Waals surface area contributed by atoms with Crippen LogP contribution in [0.5, 0.6) is 0 Å². The Bertz CT molecular complexity index is 520. The van der Waals surface area contributed by atoms with Crippen molar-refractivity contribution in [1.29, 1.82) is 0 Å². The van der Waals surface area contributed by atoms with E-state index >= 15 is 0 Å². The van der Waals surface area contributed by atoms with Crippen molar-refractivity contribution in [2.45, 2.75) is 56.1 Å². The smallest absolute Gasteiger partial charge is 0.308 e. The lowest BCUT2D eigenvalue weighted by Gasteiger charge is -2.26. The number of esters is 1. The molecule has 0 aliphatic rings. The quantitative estimate of drug-likeness (QED) is 0.556. The summed E-state index contributed by atoms with van der Waals surface area (Å²) in [6.07, 6.45) is 0.609. The molecule has 0 amide bonds. The van der Waals surface area contributed by atoms with Crippen LogP contribution in [0.1, 0.15) is 18.9 Å². The number of ether oxygens (including phenoxy) is 1. The predicted octanol–water partition coefficient (Wildman–Crippen LogP) is 4.01. The Morgan fingerprint density at radius 1 is 1.23 bits per heavy atom. The van der Waals surface area contributed by atoms with E-state index in [1.165, 1.54) is 7.11 Å². The minimum atomic E-state index is -1.38. The van der Waals surface area contributed by atoms with E-state index in [-0.39, 0.29) is 17.1 Å². The van der Waals surface area contributed by atoms with Crippen LogP contribution >= 0.6 is 0 Å². The molecule has 0 aliphatic heterocycles. The molecule has 1 rings (SSSR count). The highest BCUT2D eigenvalue weighted by molar-refractivity contribution is 7.85. The van der Waals surface area contributed by atoms with Gasteiger partial charge in [-0.1, -0.05) is 44.3 Å². The molecule has 0 heterocycles. The van der Waals surface area contributed by atoms with E-state index < -0.39 is 18.9 Å². The monoisotopic (exact) mass is 340 g/mol. The standard InChI is InChI=1S/C17H28O3SSi/c1-13-7-9-15(10-8-13)21(19)16(12-22(4,5)6)11-14(2)17(18)20-3/h7-10,14,16H,11-12H2,1-6H3/t14-,16+,21?/m0/s1. The number of methoxy groups -OCH3 is 1. The molecule has 1 aromatic carbocycles. The fourth-order valence-corrected chi connectivity index (χ4v) is 7.38. The number of benzene rings is 1. The number of hydrogen-bond acceptors (Lipinski definition) is 3. The molecule has 0 radical (unpaired) electrons. The summed E-state index contributed by atoms with van der Waals surface area (Å²) in [6.45, 7) is 10.7. The van der Waals surface area contributed by atoms with E-state index in [0.29, 0.717) is 6.42 Å². The molecule has 0 N–H and O–H groups in total. The molecule has 0 fully saturated rings. The van der Waals surface area contributed by atoms with Gasteiger partial charge in [0.05, 0.1) is 23.8 Å². The third-order valence-corrected chi connectivity index (χ3v) is 7.33. The van der Waals surface area contributed by atoms with Gasteiger partial charge in [0, 0.05) is 18.2 Å². The van der Waals surface area contributed by atoms with Crippen LogP contribution in [0.25, 0.3) is 0 Å². The summed E-state index contributed by atoms with van der Waals surface area (Å²) in [6, 6.07) is 8.79. The van der Waals surface area contributed by atoms with Gasteiger partial charge in [-0.2, -0.15) is 0 Å². The Labute approximate surface area is 137 Å². The maximum Gasteiger partial charge on any atom is 0.308 e. The lowest BCUT2D eigenvalue weighted by molar-refractivity contribution is -0.145. The molecule has 0 spiro atoms. The van der Waals surface area contributed by atoms with Crippen LogP contribution in [0.2, 0.25) is 25.7 Å². The molecular weight excluding hydrogens is 312 g/mol. The fourth-order valence-electron chi connectivity index (χ4n) is 2.49. The highest BCUT2D eigenvalue weighted by Gasteiger charge is 2.29. The molecule has 0 bridgehead atoms. The topological polar surface area (TPSA) is 43.4 Å². The maximum atomic E-state index is 13.0. The second-order valence-electron chi connectivity index (χ2n) is 7.16. The highest BCUT2D eigenvalue weighted by Crippen LogP contribution is 2.26. The summed E-state index contributed by atoms with van der Waals surface area (Å²) in [7, 11) is -1.07. The lowest BCUT2D eigenvalue weighted by Crippen LogP contribution is -2.32. The van der Waals surface area contributed by atoms with Gasteiger partial charge in [-0.25, -0.2) is 0 Å². The summed E-state index contributed by atoms with van der Waals surface area (Å²) < 4.78 is 17.8. The molecule has 1 unspecified atom stereocenters. The molecule has 22 heavy (non-hydrogen) atoms. The molecule has 0 saturated heterocycles. The van der Waals surface area contributed by atoms with E-state index in [1.54, 1.807) is 0 Å². The van der Waals surface area contributed by atoms with Crippen molar-refractivity contribution < 1.29 is 13.7 Å². The average Bonchev–Trinajstić information content (AvgIpc) is 2.44. The summed E-state index contributed by atoms with van der Waals surface area (Å²) in [4.78, 5) is 12.6. The van der Waals surface area contributed by atoms with Crippen LogP contribution in [0.4, 0.5) is 0 Å². The van der Waals surface area contributed by atoms with Crippen molar-refractivity contribution >= 4 is 24.8 Å². The number of carbonyl (C=O) groups is 1. The van der Waals surface area contributed by atoms with Gasteiger partial charge in [0.2, 0.25) is 0 Å². The van der Waals surface area contributed by atoms with E-state index in [1.807, 2.05) is 38.1 Å². The third kappa shape index (κ3) is 6.05. The van der Waals surface area contributed by atoms with Crippen LogP contribution in [-0.4, -0.2) is 30.6 Å². The highest BCUT2D eigenvalue weighted by atomic mass is 32.2. The molecule has 0 aliphatic carbocycles. The van der Waals surface area contributed by atoms with E-state index in [2.05, 4.69) is 19.6 Å². The molecule has 3 atom stereocenters. The van der Waals surface area contributed by atoms with E-state index in [4.69, 9.17) is 4.74 Å². The Hall–Kier alpha value is -0.943. The van der Waals surface area contributed by atoms with Gasteiger partial charge in [0.25, 0.3) is 0 Å². The molecule has 3 nitrogen and oxygen atoms in total. The molecule has 0 saturated carbocycles. The van der Waals surface area contributed by atoms with Crippen molar-refractivity contribution in [3.05, 3.63) is 29.8 Å². The molecule has 5 heteroatoms. The first kappa shape index (κ1) is 19.1. The van der Waals surface area contributed by atoms with Crippen molar-refractivity contribution in [2.24, 2.45) is 5.92 Å². The fraction of sp³-hybridized carbons (Fsp3) is 0.588. The third-order valence-electron chi connectivity index (χ3n) is 3.62. The van der Waals surface area contributed by atoms with Gasteiger partial charge >= 0.3 is 5.97 Å². The van der Waals surface area contributed by atoms with Crippen LogP contribution < -0.4 is 0 Å². The molecule has 0 aromatic heterocycles. The number of aryl methyl sites for hydroxylation is 1. The van der Waals surface area contributed by atoms with Crippen molar-refractivity contribution in [3.63, 3.8) is 0 Å². The minimum absolute atomic E-state index is 0.00322. The van der Waals surface area contributed by atoms with E-state index in [9.17, 15) is 9.00 Å². The maximum absolute atomic E-state index is 13.0. The first-order valence-corrected chi connectivity index (χ1v) is 12.6. The summed E-state index contributed by atoms with van der Waals surface area (Å²) in [5, 5.41) is 0.00322. The molecule has 124 valence electrons. The minimum Gasteiger partial charge on any atom is -0.469 e. The zero-order valence-electron chi connectivity index (χ0n) is 14.5. The summed E-state index contributed by atoms with van der Waals surface area (Å²) in [5.74, 6) is -0.442. The largest absolute Gasteiger partial charge is 0.469 e. The second-order valence-corrected chi connectivity index (χ2v) is 14.4. The van der Waals surface area contributed by atoms with Crippen LogP contribution in [-0.2, 0) is 20.3 Å². The normalized spacial score (nSPS) is 15.9. The molecular formula is C17H28O3SSi. The van der Waals surface area contributed by atoms with Crippen LogP contribution in [0.15, 0.2) is 29.2 Å². The van der Waals surface area contributed by atoms with Gasteiger partial charge < -0.3 is 4.74 Å².